The van der Waals surface area contributed by atoms with Gasteiger partial charge in [-0.2, -0.15) is 0 Å². The number of anilines is 3. The number of nitrogens with one attached hydrogen (secondary N) is 3. The summed E-state index contributed by atoms with van der Waals surface area (Å²) in [5, 5.41) is 17.9. The van der Waals surface area contributed by atoms with E-state index in [1.54, 1.807) is 55.5 Å². The minimum Gasteiger partial charge on any atom is -0.462 e. The number of nitrogens with zero attached hydrogens (tertiary/aromatic N) is 2. The number of ether oxygens (including phenoxy) is 1. The van der Waals surface area contributed by atoms with Gasteiger partial charge in [0.05, 0.1) is 23.7 Å². The third kappa shape index (κ3) is 6.60. The summed E-state index contributed by atoms with van der Waals surface area (Å²) in [5.74, 6) is 0.552. The van der Waals surface area contributed by atoms with E-state index in [2.05, 4.69) is 25.9 Å². The van der Waals surface area contributed by atoms with Crippen LogP contribution in [-0.4, -0.2) is 53.1 Å². The van der Waals surface area contributed by atoms with Crippen LogP contribution in [0.2, 0.25) is 5.15 Å². The lowest BCUT2D eigenvalue weighted by atomic mass is 10.2. The van der Waals surface area contributed by atoms with Crippen LogP contribution >= 0.6 is 23.4 Å². The molecule has 0 fully saturated rings. The Morgan fingerprint density at radius 3 is 2.21 bits per heavy atom. The number of urea groups is 1. The lowest BCUT2D eigenvalue weighted by Gasteiger charge is -2.12. The van der Waals surface area contributed by atoms with Crippen LogP contribution in [0.25, 0.3) is 11.4 Å². The van der Waals surface area contributed by atoms with Crippen LogP contribution in [0.4, 0.5) is 22.0 Å². The fourth-order valence-electron chi connectivity index (χ4n) is 2.93. The van der Waals surface area contributed by atoms with Gasteiger partial charge < -0.3 is 25.8 Å². The van der Waals surface area contributed by atoms with Crippen LogP contribution in [0.3, 0.4) is 0 Å². The minimum atomic E-state index is -0.434. The highest BCUT2D eigenvalue weighted by Gasteiger charge is 2.14. The molecule has 2 amide bonds. The summed E-state index contributed by atoms with van der Waals surface area (Å²) in [6.07, 6.45) is 1.87. The SMILES string of the molecule is CCOC(=O)c1ccc(NC(=O)Nc2ccc(-c3nc(Cl)c(SC)c(NCCO)n3)cc2)cc1. The molecular formula is C23H24ClN5O4S. The molecule has 0 spiro atoms. The summed E-state index contributed by atoms with van der Waals surface area (Å²) in [4.78, 5) is 33.6. The molecule has 0 aliphatic rings. The third-order valence-corrected chi connectivity index (χ3v) is 5.67. The number of esters is 1. The Kier molecular flexibility index (Phi) is 9.08. The van der Waals surface area contributed by atoms with Gasteiger partial charge >= 0.3 is 12.0 Å². The van der Waals surface area contributed by atoms with Crippen molar-refractivity contribution in [1.29, 1.82) is 0 Å². The molecule has 3 rings (SSSR count). The van der Waals surface area contributed by atoms with Crippen LogP contribution in [0, 0.1) is 0 Å². The van der Waals surface area contributed by atoms with Crippen LogP contribution in [-0.2, 0) is 4.74 Å². The zero-order valence-electron chi connectivity index (χ0n) is 18.6. The molecule has 0 aliphatic carbocycles. The molecule has 9 nitrogen and oxygen atoms in total. The number of thioether (sulfide) groups is 1. The van der Waals surface area contributed by atoms with Gasteiger partial charge in [0, 0.05) is 23.5 Å². The number of aromatic nitrogens is 2. The monoisotopic (exact) mass is 501 g/mol. The fraction of sp³-hybridized carbons (Fsp3) is 0.217. The summed E-state index contributed by atoms with van der Waals surface area (Å²) in [7, 11) is 0. The first-order chi connectivity index (χ1) is 16.4. The zero-order chi connectivity index (χ0) is 24.5. The molecule has 0 atom stereocenters. The van der Waals surface area contributed by atoms with Gasteiger partial charge in [0.2, 0.25) is 0 Å². The van der Waals surface area contributed by atoms with E-state index in [0.717, 1.165) is 0 Å². The van der Waals surface area contributed by atoms with Gasteiger partial charge in [-0.3, -0.25) is 0 Å². The van der Waals surface area contributed by atoms with E-state index in [9.17, 15) is 9.59 Å². The van der Waals surface area contributed by atoms with E-state index >= 15 is 0 Å². The van der Waals surface area contributed by atoms with Crippen LogP contribution in [0.1, 0.15) is 17.3 Å². The van der Waals surface area contributed by atoms with Crippen molar-refractivity contribution in [3.05, 3.63) is 59.2 Å². The zero-order valence-corrected chi connectivity index (χ0v) is 20.2. The number of carbonyl (C=O) groups excluding carboxylic acids is 2. The lowest BCUT2D eigenvalue weighted by Crippen LogP contribution is -2.19. The first-order valence-corrected chi connectivity index (χ1v) is 12.0. The highest BCUT2D eigenvalue weighted by Crippen LogP contribution is 2.32. The van der Waals surface area contributed by atoms with Crippen molar-refractivity contribution >= 4 is 52.6 Å². The van der Waals surface area contributed by atoms with Crippen LogP contribution < -0.4 is 16.0 Å². The van der Waals surface area contributed by atoms with Gasteiger partial charge in [-0.05, 0) is 61.7 Å². The maximum absolute atomic E-state index is 12.3. The number of aliphatic hydroxyl groups excluding tert-OH is 1. The van der Waals surface area contributed by atoms with Gasteiger partial charge in [-0.15, -0.1) is 11.8 Å². The first kappa shape index (κ1) is 25.3. The molecule has 4 N–H and O–H groups in total. The van der Waals surface area contributed by atoms with Gasteiger partial charge in [-0.1, -0.05) is 11.6 Å². The maximum atomic E-state index is 12.3. The smallest absolute Gasteiger partial charge is 0.338 e. The Bertz CT molecular complexity index is 1140. The van der Waals surface area contributed by atoms with Gasteiger partial charge in [-0.25, -0.2) is 19.6 Å². The normalized spacial score (nSPS) is 10.5. The third-order valence-electron chi connectivity index (χ3n) is 4.49. The van der Waals surface area contributed by atoms with Gasteiger partial charge in [0.15, 0.2) is 5.82 Å². The van der Waals surface area contributed by atoms with Crippen molar-refractivity contribution in [3.8, 4) is 11.4 Å². The Morgan fingerprint density at radius 1 is 1.03 bits per heavy atom. The number of carbonyl (C=O) groups is 2. The van der Waals surface area contributed by atoms with E-state index < -0.39 is 12.0 Å². The van der Waals surface area contributed by atoms with E-state index in [4.69, 9.17) is 21.4 Å². The lowest BCUT2D eigenvalue weighted by molar-refractivity contribution is 0.0526. The summed E-state index contributed by atoms with van der Waals surface area (Å²) in [6.45, 7) is 2.33. The Labute approximate surface area is 206 Å². The van der Waals surface area contributed by atoms with Crippen molar-refractivity contribution in [2.75, 3.05) is 42.0 Å². The first-order valence-electron chi connectivity index (χ1n) is 10.4. The molecule has 0 saturated carbocycles. The Morgan fingerprint density at radius 2 is 1.65 bits per heavy atom. The number of hydrogen-bond acceptors (Lipinski definition) is 8. The standard InChI is InChI=1S/C23H24ClN5O4S/c1-3-33-22(31)15-6-10-17(11-7-15)27-23(32)26-16-8-4-14(5-9-16)20-28-19(24)18(34-2)21(29-20)25-12-13-30/h4-11,30H,3,12-13H2,1-2H3,(H,25,28,29)(H2,26,27,32). The molecular weight excluding hydrogens is 478 g/mol. The molecule has 178 valence electrons. The van der Waals surface area contributed by atoms with Crippen LogP contribution in [0.5, 0.6) is 0 Å². The molecule has 1 heterocycles. The molecule has 0 saturated heterocycles. The predicted molar refractivity (Wildman–Crippen MR) is 135 cm³/mol. The van der Waals surface area contributed by atoms with Crippen molar-refractivity contribution in [1.82, 2.24) is 9.97 Å². The van der Waals surface area contributed by atoms with E-state index in [1.807, 2.05) is 6.26 Å². The predicted octanol–water partition coefficient (Wildman–Crippen LogP) is 4.74. The van der Waals surface area contributed by atoms with Gasteiger partial charge in [0.25, 0.3) is 0 Å². The topological polar surface area (TPSA) is 125 Å². The van der Waals surface area contributed by atoms with E-state index in [-0.39, 0.29) is 6.61 Å². The Hall–Kier alpha value is -3.34. The number of benzene rings is 2. The second-order valence-corrected chi connectivity index (χ2v) is 8.00. The number of halogens is 1. The average Bonchev–Trinajstić information content (AvgIpc) is 2.83. The maximum Gasteiger partial charge on any atom is 0.338 e. The molecule has 34 heavy (non-hydrogen) atoms. The van der Waals surface area contributed by atoms with Gasteiger partial charge in [0.1, 0.15) is 11.0 Å². The van der Waals surface area contributed by atoms with Crippen molar-refractivity contribution in [3.63, 3.8) is 0 Å². The quantitative estimate of drug-likeness (QED) is 0.188. The van der Waals surface area contributed by atoms with E-state index in [1.165, 1.54) is 11.8 Å². The molecule has 2 aromatic carbocycles. The second-order valence-electron chi connectivity index (χ2n) is 6.82. The summed E-state index contributed by atoms with van der Waals surface area (Å²) in [5.41, 5.74) is 2.21. The molecule has 11 heteroatoms. The number of amides is 2. The van der Waals surface area contributed by atoms with Crippen LogP contribution in [0.15, 0.2) is 53.4 Å². The molecule has 0 aliphatic heterocycles. The minimum absolute atomic E-state index is 0.0389. The Balaban J connectivity index is 1.66. The van der Waals surface area contributed by atoms with Crippen molar-refractivity contribution in [2.45, 2.75) is 11.8 Å². The number of aliphatic hydroxyl groups is 1. The molecule has 0 radical (unpaired) electrons. The largest absolute Gasteiger partial charge is 0.462 e. The van der Waals surface area contributed by atoms with Crippen molar-refractivity contribution in [2.24, 2.45) is 0 Å². The molecule has 3 aromatic rings. The van der Waals surface area contributed by atoms with E-state index in [0.29, 0.717) is 57.3 Å². The molecule has 0 unspecified atom stereocenters. The van der Waals surface area contributed by atoms with Crippen molar-refractivity contribution < 1.29 is 19.4 Å². The fourth-order valence-corrected chi connectivity index (χ4v) is 3.85. The average molecular weight is 502 g/mol. The highest BCUT2D eigenvalue weighted by molar-refractivity contribution is 7.98. The summed E-state index contributed by atoms with van der Waals surface area (Å²) < 4.78 is 4.94. The second kappa shape index (κ2) is 12.2. The summed E-state index contributed by atoms with van der Waals surface area (Å²) in [6, 6.07) is 13.0. The number of hydrogen-bond donors (Lipinski definition) is 4. The number of rotatable bonds is 9. The highest BCUT2D eigenvalue weighted by atomic mass is 35.5. The molecule has 1 aromatic heterocycles. The molecule has 0 bridgehead atoms. The summed E-state index contributed by atoms with van der Waals surface area (Å²) >= 11 is 7.73.